The number of nitrogens with zero attached hydrogens (tertiary/aromatic N) is 1. The molecule has 128 valence electrons. The third-order valence-corrected chi connectivity index (χ3v) is 3.18. The molecule has 1 aliphatic rings. The Labute approximate surface area is 133 Å². The van der Waals surface area contributed by atoms with Crippen molar-refractivity contribution in [1.29, 1.82) is 0 Å². The van der Waals surface area contributed by atoms with E-state index in [9.17, 15) is 4.79 Å². The van der Waals surface area contributed by atoms with Gasteiger partial charge in [0.25, 0.3) is 0 Å². The molecular weight excluding hydrogens is 284 g/mol. The Morgan fingerprint density at radius 1 is 1.32 bits per heavy atom. The predicted octanol–water partition coefficient (Wildman–Crippen LogP) is 0.263. The molecule has 7 heteroatoms. The van der Waals surface area contributed by atoms with Gasteiger partial charge in [0, 0.05) is 46.3 Å². The van der Waals surface area contributed by atoms with E-state index in [-0.39, 0.29) is 12.0 Å². The Morgan fingerprint density at radius 2 is 2.14 bits per heavy atom. The normalized spacial score (nSPS) is 18.3. The van der Waals surface area contributed by atoms with Crippen LogP contribution in [0.1, 0.15) is 33.1 Å². The maximum absolute atomic E-state index is 10.8. The molecule has 1 atom stereocenters. The second-order valence-electron chi connectivity index (χ2n) is 5.23. The molecule has 1 unspecified atom stereocenters. The van der Waals surface area contributed by atoms with Gasteiger partial charge in [-0.3, -0.25) is 9.79 Å². The number of guanidine groups is 1. The minimum Gasteiger partial charge on any atom is -0.379 e. The topological polar surface area (TPSA) is 84.0 Å². The van der Waals surface area contributed by atoms with Gasteiger partial charge in [0.05, 0.1) is 12.7 Å². The van der Waals surface area contributed by atoms with Crippen molar-refractivity contribution in [1.82, 2.24) is 16.0 Å². The van der Waals surface area contributed by atoms with Crippen LogP contribution in [0.25, 0.3) is 0 Å². The van der Waals surface area contributed by atoms with Crippen molar-refractivity contribution in [3.63, 3.8) is 0 Å². The van der Waals surface area contributed by atoms with E-state index in [0.29, 0.717) is 32.8 Å². The highest BCUT2D eigenvalue weighted by Crippen LogP contribution is 2.11. The summed E-state index contributed by atoms with van der Waals surface area (Å²) in [6.07, 6.45) is 3.43. The van der Waals surface area contributed by atoms with Crippen molar-refractivity contribution in [2.75, 3.05) is 46.0 Å². The van der Waals surface area contributed by atoms with Crippen LogP contribution in [0, 0.1) is 0 Å². The molecule has 0 aliphatic carbocycles. The van der Waals surface area contributed by atoms with E-state index in [2.05, 4.69) is 20.9 Å². The first-order valence-corrected chi connectivity index (χ1v) is 8.18. The van der Waals surface area contributed by atoms with Gasteiger partial charge >= 0.3 is 0 Å². The summed E-state index contributed by atoms with van der Waals surface area (Å²) in [5.41, 5.74) is 0. The molecular formula is C15H30N4O3. The highest BCUT2D eigenvalue weighted by molar-refractivity contribution is 5.79. The van der Waals surface area contributed by atoms with E-state index < -0.39 is 0 Å². The van der Waals surface area contributed by atoms with Gasteiger partial charge in [-0.1, -0.05) is 0 Å². The standard InChI is InChI=1S/C15H30N4O3/c1-3-16-15(19-9-8-17-13(2)20)18-7-5-10-21-12-14-6-4-11-22-14/h14H,3-12H2,1-2H3,(H,17,20)(H2,16,18,19). The van der Waals surface area contributed by atoms with E-state index >= 15 is 0 Å². The molecule has 1 rings (SSSR count). The van der Waals surface area contributed by atoms with Crippen LogP contribution in [-0.4, -0.2) is 64.0 Å². The quantitative estimate of drug-likeness (QED) is 0.306. The van der Waals surface area contributed by atoms with Crippen molar-refractivity contribution < 1.29 is 14.3 Å². The van der Waals surface area contributed by atoms with Crippen LogP contribution in [0.5, 0.6) is 0 Å². The van der Waals surface area contributed by atoms with Crippen LogP contribution in [0.4, 0.5) is 0 Å². The number of nitrogens with one attached hydrogen (secondary N) is 3. The number of ether oxygens (including phenoxy) is 2. The smallest absolute Gasteiger partial charge is 0.216 e. The van der Waals surface area contributed by atoms with Crippen LogP contribution in [0.15, 0.2) is 4.99 Å². The average molecular weight is 314 g/mol. The molecule has 1 fully saturated rings. The van der Waals surface area contributed by atoms with Crippen molar-refractivity contribution in [2.45, 2.75) is 39.2 Å². The number of amides is 1. The summed E-state index contributed by atoms with van der Waals surface area (Å²) in [6.45, 7) is 8.56. The molecule has 3 N–H and O–H groups in total. The van der Waals surface area contributed by atoms with Gasteiger partial charge in [-0.05, 0) is 26.2 Å². The Balaban J connectivity index is 2.06. The zero-order chi connectivity index (χ0) is 16.0. The Morgan fingerprint density at radius 3 is 2.82 bits per heavy atom. The first-order valence-electron chi connectivity index (χ1n) is 8.18. The molecule has 0 aromatic rings. The van der Waals surface area contributed by atoms with Gasteiger partial charge in [-0.25, -0.2) is 0 Å². The fraction of sp³-hybridized carbons (Fsp3) is 0.867. The number of hydrogen-bond acceptors (Lipinski definition) is 4. The predicted molar refractivity (Wildman–Crippen MR) is 87.1 cm³/mol. The number of rotatable bonds is 10. The van der Waals surface area contributed by atoms with Crippen LogP contribution in [0.2, 0.25) is 0 Å². The molecule has 0 bridgehead atoms. The first-order chi connectivity index (χ1) is 10.7. The van der Waals surface area contributed by atoms with Gasteiger partial charge in [0.2, 0.25) is 5.91 Å². The molecule has 0 radical (unpaired) electrons. The van der Waals surface area contributed by atoms with Gasteiger partial charge in [-0.2, -0.15) is 0 Å². The lowest BCUT2D eigenvalue weighted by Crippen LogP contribution is -2.41. The van der Waals surface area contributed by atoms with E-state index in [1.165, 1.54) is 6.92 Å². The van der Waals surface area contributed by atoms with E-state index in [0.717, 1.165) is 38.4 Å². The van der Waals surface area contributed by atoms with Crippen molar-refractivity contribution in [3.05, 3.63) is 0 Å². The van der Waals surface area contributed by atoms with Gasteiger partial charge < -0.3 is 25.4 Å². The SMILES string of the molecule is CCNC(=NCCCOCC1CCCO1)NCCNC(C)=O. The van der Waals surface area contributed by atoms with Crippen LogP contribution in [-0.2, 0) is 14.3 Å². The maximum Gasteiger partial charge on any atom is 0.216 e. The second kappa shape index (κ2) is 12.2. The van der Waals surface area contributed by atoms with E-state index in [4.69, 9.17) is 9.47 Å². The number of hydrogen-bond donors (Lipinski definition) is 3. The molecule has 1 aliphatic heterocycles. The average Bonchev–Trinajstić information content (AvgIpc) is 3.00. The monoisotopic (exact) mass is 314 g/mol. The van der Waals surface area contributed by atoms with Crippen molar-refractivity contribution in [2.24, 2.45) is 4.99 Å². The van der Waals surface area contributed by atoms with Crippen molar-refractivity contribution >= 4 is 11.9 Å². The molecule has 1 amide bonds. The third-order valence-electron chi connectivity index (χ3n) is 3.18. The molecule has 0 spiro atoms. The largest absolute Gasteiger partial charge is 0.379 e. The summed E-state index contributed by atoms with van der Waals surface area (Å²) in [7, 11) is 0. The van der Waals surface area contributed by atoms with Crippen molar-refractivity contribution in [3.8, 4) is 0 Å². The van der Waals surface area contributed by atoms with Crippen LogP contribution in [0.3, 0.4) is 0 Å². The zero-order valence-corrected chi connectivity index (χ0v) is 13.8. The second-order valence-corrected chi connectivity index (χ2v) is 5.23. The van der Waals surface area contributed by atoms with Gasteiger partial charge in [0.1, 0.15) is 0 Å². The number of carbonyl (C=O) groups is 1. The van der Waals surface area contributed by atoms with E-state index in [1.807, 2.05) is 6.92 Å². The van der Waals surface area contributed by atoms with E-state index in [1.54, 1.807) is 0 Å². The molecule has 22 heavy (non-hydrogen) atoms. The maximum atomic E-state index is 10.8. The number of carbonyl (C=O) groups excluding carboxylic acids is 1. The highest BCUT2D eigenvalue weighted by Gasteiger charge is 2.14. The lowest BCUT2D eigenvalue weighted by atomic mass is 10.2. The first kappa shape index (κ1) is 18.7. The summed E-state index contributed by atoms with van der Waals surface area (Å²) < 4.78 is 11.1. The molecule has 0 aromatic heterocycles. The Hall–Kier alpha value is -1.34. The van der Waals surface area contributed by atoms with Gasteiger partial charge in [-0.15, -0.1) is 0 Å². The van der Waals surface area contributed by atoms with Gasteiger partial charge in [0.15, 0.2) is 5.96 Å². The lowest BCUT2D eigenvalue weighted by molar-refractivity contribution is -0.118. The molecule has 0 saturated carbocycles. The third kappa shape index (κ3) is 9.57. The summed E-state index contributed by atoms with van der Waals surface area (Å²) in [5, 5.41) is 9.08. The molecule has 0 aromatic carbocycles. The molecule has 1 heterocycles. The van der Waals surface area contributed by atoms with Crippen LogP contribution < -0.4 is 16.0 Å². The fourth-order valence-electron chi connectivity index (χ4n) is 2.11. The Kier molecular flexibility index (Phi) is 10.4. The summed E-state index contributed by atoms with van der Waals surface area (Å²) >= 11 is 0. The molecule has 1 saturated heterocycles. The zero-order valence-electron chi connectivity index (χ0n) is 13.8. The highest BCUT2D eigenvalue weighted by atomic mass is 16.5. The summed E-state index contributed by atoms with van der Waals surface area (Å²) in [4.78, 5) is 15.2. The Bertz CT molecular complexity index is 331. The minimum absolute atomic E-state index is 0.0212. The number of aliphatic imine (C=N–C) groups is 1. The summed E-state index contributed by atoms with van der Waals surface area (Å²) in [5.74, 6) is 0.749. The molecule has 7 nitrogen and oxygen atoms in total. The fourth-order valence-corrected chi connectivity index (χ4v) is 2.11. The lowest BCUT2D eigenvalue weighted by Gasteiger charge is -2.12. The van der Waals surface area contributed by atoms with Crippen LogP contribution >= 0.6 is 0 Å². The minimum atomic E-state index is -0.0212. The summed E-state index contributed by atoms with van der Waals surface area (Å²) in [6, 6.07) is 0.